The van der Waals surface area contributed by atoms with Crippen molar-refractivity contribution < 1.29 is 9.53 Å². The van der Waals surface area contributed by atoms with Crippen molar-refractivity contribution in [1.82, 2.24) is 4.90 Å². The van der Waals surface area contributed by atoms with Crippen LogP contribution in [0.25, 0.3) is 0 Å². The van der Waals surface area contributed by atoms with Crippen LogP contribution in [0.3, 0.4) is 0 Å². The normalized spacial score (nSPS) is 10.0. The summed E-state index contributed by atoms with van der Waals surface area (Å²) >= 11 is 0. The number of carbonyl (C=O) groups is 1. The van der Waals surface area contributed by atoms with Crippen molar-refractivity contribution in [1.29, 1.82) is 0 Å². The van der Waals surface area contributed by atoms with Crippen LogP contribution in [-0.2, 0) is 4.74 Å². The van der Waals surface area contributed by atoms with Gasteiger partial charge in [-0.2, -0.15) is 0 Å². The predicted molar refractivity (Wildman–Crippen MR) is 42.7 cm³/mol. The van der Waals surface area contributed by atoms with Crippen LogP contribution in [0, 0.1) is 0 Å². The summed E-state index contributed by atoms with van der Waals surface area (Å²) in [5, 5.41) is 0. The molecule has 11 heavy (non-hydrogen) atoms. The molecule has 0 bridgehead atoms. The lowest BCUT2D eigenvalue weighted by Crippen LogP contribution is -2.13. The topological polar surface area (TPSA) is 55.6 Å². The second kappa shape index (κ2) is 5.58. The van der Waals surface area contributed by atoms with E-state index in [1.807, 2.05) is 11.9 Å². The highest BCUT2D eigenvalue weighted by atomic mass is 16.5. The van der Waals surface area contributed by atoms with Crippen LogP contribution in [0.4, 0.5) is 4.79 Å². The van der Waals surface area contributed by atoms with Crippen molar-refractivity contribution in [2.75, 3.05) is 13.6 Å². The van der Waals surface area contributed by atoms with Crippen molar-refractivity contribution in [3.05, 3.63) is 12.5 Å². The molecule has 0 fully saturated rings. The van der Waals surface area contributed by atoms with Gasteiger partial charge in [-0.05, 0) is 6.42 Å². The molecule has 0 unspecified atom stereocenters. The highest BCUT2D eigenvalue weighted by Crippen LogP contribution is 1.87. The molecule has 0 heterocycles. The maximum Gasteiger partial charge on any atom is 0.409 e. The van der Waals surface area contributed by atoms with Crippen molar-refractivity contribution >= 4 is 6.09 Å². The van der Waals surface area contributed by atoms with E-state index in [4.69, 9.17) is 5.73 Å². The van der Waals surface area contributed by atoms with Crippen LogP contribution in [0.1, 0.15) is 13.3 Å². The molecule has 0 aromatic heterocycles. The Morgan fingerprint density at radius 3 is 2.82 bits per heavy atom. The molecule has 0 atom stereocenters. The first-order chi connectivity index (χ1) is 5.16. The largest absolute Gasteiger partial charge is 0.417 e. The Morgan fingerprint density at radius 1 is 1.73 bits per heavy atom. The van der Waals surface area contributed by atoms with Gasteiger partial charge < -0.3 is 15.4 Å². The summed E-state index contributed by atoms with van der Waals surface area (Å²) in [6.07, 6.45) is 3.20. The van der Waals surface area contributed by atoms with Gasteiger partial charge in [0.1, 0.15) is 6.26 Å². The van der Waals surface area contributed by atoms with Gasteiger partial charge in [0, 0.05) is 19.8 Å². The van der Waals surface area contributed by atoms with Gasteiger partial charge in [-0.15, -0.1) is 0 Å². The maximum absolute atomic E-state index is 10.1. The zero-order chi connectivity index (χ0) is 8.69. The smallest absolute Gasteiger partial charge is 0.409 e. The molecule has 0 aromatic rings. The number of hydrogen-bond acceptors (Lipinski definition) is 3. The summed E-state index contributed by atoms with van der Waals surface area (Å²) in [7, 11) is 1.89. The van der Waals surface area contributed by atoms with Crippen LogP contribution in [0.5, 0.6) is 0 Å². The van der Waals surface area contributed by atoms with Crippen LogP contribution >= 0.6 is 0 Å². The van der Waals surface area contributed by atoms with Crippen LogP contribution < -0.4 is 5.73 Å². The van der Waals surface area contributed by atoms with E-state index in [-0.39, 0.29) is 0 Å². The van der Waals surface area contributed by atoms with Gasteiger partial charge in [-0.25, -0.2) is 4.79 Å². The molecule has 4 heteroatoms. The fourth-order valence-corrected chi connectivity index (χ4v) is 0.629. The third-order valence-corrected chi connectivity index (χ3v) is 1.08. The number of carbonyl (C=O) groups excluding carboxylic acids is 1. The van der Waals surface area contributed by atoms with Gasteiger partial charge >= 0.3 is 6.09 Å². The lowest BCUT2D eigenvalue weighted by atomic mass is 10.4. The zero-order valence-corrected chi connectivity index (χ0v) is 6.91. The molecule has 0 aromatic carbocycles. The molecule has 0 aliphatic rings. The quantitative estimate of drug-likeness (QED) is 0.618. The number of nitrogens with zero attached hydrogens (tertiary/aromatic N) is 1. The van der Waals surface area contributed by atoms with Crippen LogP contribution in [0.2, 0.25) is 0 Å². The van der Waals surface area contributed by atoms with Crippen molar-refractivity contribution in [3.63, 3.8) is 0 Å². The highest BCUT2D eigenvalue weighted by molar-refractivity contribution is 5.65. The Hall–Kier alpha value is -1.19. The summed E-state index contributed by atoms with van der Waals surface area (Å²) in [5.41, 5.74) is 4.72. The van der Waals surface area contributed by atoms with E-state index < -0.39 is 6.09 Å². The van der Waals surface area contributed by atoms with E-state index >= 15 is 0 Å². The Bertz CT molecular complexity index is 145. The molecule has 0 aliphatic heterocycles. The molecule has 0 saturated heterocycles. The van der Waals surface area contributed by atoms with Crippen molar-refractivity contribution in [2.45, 2.75) is 13.3 Å². The SMILES string of the molecule is CCCN(C)/C=C/OC(N)=O. The van der Waals surface area contributed by atoms with Crippen LogP contribution in [0.15, 0.2) is 12.5 Å². The van der Waals surface area contributed by atoms with E-state index in [1.165, 1.54) is 6.26 Å². The zero-order valence-electron chi connectivity index (χ0n) is 6.91. The molecule has 2 N–H and O–H groups in total. The highest BCUT2D eigenvalue weighted by Gasteiger charge is 1.88. The average Bonchev–Trinajstić information content (AvgIpc) is 1.87. The number of primary amides is 1. The van der Waals surface area contributed by atoms with E-state index in [0.717, 1.165) is 13.0 Å². The van der Waals surface area contributed by atoms with Gasteiger partial charge in [-0.1, -0.05) is 6.92 Å². The standard InChI is InChI=1S/C7H14N2O2/c1-3-4-9(2)5-6-11-7(8)10/h5-6H,3-4H2,1-2H3,(H2,8,10)/b6-5+. The van der Waals surface area contributed by atoms with Gasteiger partial charge in [0.25, 0.3) is 0 Å². The Morgan fingerprint density at radius 2 is 2.36 bits per heavy atom. The Balaban J connectivity index is 3.47. The number of rotatable bonds is 4. The summed E-state index contributed by atoms with van der Waals surface area (Å²) in [6.45, 7) is 3.00. The molecular weight excluding hydrogens is 144 g/mol. The Kier molecular flexibility index (Phi) is 4.98. The number of nitrogens with two attached hydrogens (primary N) is 1. The lowest BCUT2D eigenvalue weighted by molar-refractivity contribution is 0.195. The lowest BCUT2D eigenvalue weighted by Gasteiger charge is -2.10. The first-order valence-electron chi connectivity index (χ1n) is 3.49. The fraction of sp³-hybridized carbons (Fsp3) is 0.571. The predicted octanol–water partition coefficient (Wildman–Crippen LogP) is 0.895. The van der Waals surface area contributed by atoms with Gasteiger partial charge in [0.2, 0.25) is 0 Å². The maximum atomic E-state index is 10.1. The number of ether oxygens (including phenoxy) is 1. The molecule has 64 valence electrons. The van der Waals surface area contributed by atoms with Gasteiger partial charge in [-0.3, -0.25) is 0 Å². The number of hydrogen-bond donors (Lipinski definition) is 1. The second-order valence-corrected chi connectivity index (χ2v) is 2.20. The van der Waals surface area contributed by atoms with Crippen molar-refractivity contribution in [3.8, 4) is 0 Å². The van der Waals surface area contributed by atoms with Gasteiger partial charge in [0.15, 0.2) is 0 Å². The van der Waals surface area contributed by atoms with Crippen molar-refractivity contribution in [2.24, 2.45) is 5.73 Å². The summed E-state index contributed by atoms with van der Waals surface area (Å²) in [6, 6.07) is 0. The molecular formula is C7H14N2O2. The van der Waals surface area contributed by atoms with E-state index in [9.17, 15) is 4.79 Å². The molecule has 0 aliphatic carbocycles. The Labute approximate surface area is 66.6 Å². The minimum absolute atomic E-state index is 0.786. The molecule has 0 rings (SSSR count). The van der Waals surface area contributed by atoms with Gasteiger partial charge in [0.05, 0.1) is 0 Å². The fourth-order valence-electron chi connectivity index (χ4n) is 0.629. The van der Waals surface area contributed by atoms with E-state index in [1.54, 1.807) is 6.20 Å². The molecule has 4 nitrogen and oxygen atoms in total. The third-order valence-electron chi connectivity index (χ3n) is 1.08. The first kappa shape index (κ1) is 9.81. The third kappa shape index (κ3) is 6.70. The summed E-state index contributed by atoms with van der Waals surface area (Å²) < 4.78 is 4.38. The van der Waals surface area contributed by atoms with E-state index in [0.29, 0.717) is 0 Å². The summed E-state index contributed by atoms with van der Waals surface area (Å²) in [4.78, 5) is 12.0. The molecule has 0 spiro atoms. The van der Waals surface area contributed by atoms with Crippen LogP contribution in [-0.4, -0.2) is 24.6 Å². The first-order valence-corrected chi connectivity index (χ1v) is 3.49. The molecule has 1 amide bonds. The molecule has 0 radical (unpaired) electrons. The minimum Gasteiger partial charge on any atom is -0.417 e. The minimum atomic E-state index is -0.786. The second-order valence-electron chi connectivity index (χ2n) is 2.20. The molecule has 0 saturated carbocycles. The average molecular weight is 158 g/mol. The number of amides is 1. The monoisotopic (exact) mass is 158 g/mol. The summed E-state index contributed by atoms with van der Waals surface area (Å²) in [5.74, 6) is 0. The van der Waals surface area contributed by atoms with E-state index in [2.05, 4.69) is 11.7 Å².